The Kier molecular flexibility index (Phi) is 5.33. The highest BCUT2D eigenvalue weighted by Gasteiger charge is 2.28. The minimum absolute atomic E-state index is 0.553. The van der Waals surface area contributed by atoms with Crippen molar-refractivity contribution in [2.75, 3.05) is 20.1 Å². The van der Waals surface area contributed by atoms with E-state index in [0.717, 1.165) is 18.5 Å². The lowest BCUT2D eigenvalue weighted by Gasteiger charge is -2.29. The summed E-state index contributed by atoms with van der Waals surface area (Å²) < 4.78 is 0. The van der Waals surface area contributed by atoms with Gasteiger partial charge in [-0.3, -0.25) is 0 Å². The zero-order valence-electron chi connectivity index (χ0n) is 11.6. The lowest BCUT2D eigenvalue weighted by molar-refractivity contribution is 0.245. The molecule has 1 rings (SSSR count). The average Bonchev–Trinajstić information content (AvgIpc) is 2.39. The van der Waals surface area contributed by atoms with Crippen LogP contribution in [0.3, 0.4) is 0 Å². The minimum Gasteiger partial charge on any atom is -0.309 e. The Labute approximate surface area is 110 Å². The molecular formula is C15H23N3. The Balaban J connectivity index is 2.76. The number of nitriles is 1. The maximum absolute atomic E-state index is 9.38. The zero-order chi connectivity index (χ0) is 13.6. The van der Waals surface area contributed by atoms with Gasteiger partial charge in [0.1, 0.15) is 5.54 Å². The third-order valence-corrected chi connectivity index (χ3v) is 3.33. The van der Waals surface area contributed by atoms with Crippen LogP contribution in [-0.4, -0.2) is 25.0 Å². The SMILES string of the molecule is CCC(C)CN(C)CC(N)(C#N)c1ccccc1. The van der Waals surface area contributed by atoms with Crippen LogP contribution in [0.2, 0.25) is 0 Å². The molecular weight excluding hydrogens is 222 g/mol. The van der Waals surface area contributed by atoms with E-state index in [1.54, 1.807) is 0 Å². The monoisotopic (exact) mass is 245 g/mol. The predicted octanol–water partition coefficient (Wildman–Crippen LogP) is 2.34. The lowest BCUT2D eigenvalue weighted by atomic mass is 9.92. The largest absolute Gasteiger partial charge is 0.309 e. The molecule has 2 atom stereocenters. The summed E-state index contributed by atoms with van der Waals surface area (Å²) in [5.41, 5.74) is 6.19. The van der Waals surface area contributed by atoms with Gasteiger partial charge in [-0.1, -0.05) is 50.6 Å². The van der Waals surface area contributed by atoms with Crippen molar-refractivity contribution in [3.63, 3.8) is 0 Å². The number of nitrogens with zero attached hydrogens (tertiary/aromatic N) is 2. The van der Waals surface area contributed by atoms with Crippen molar-refractivity contribution in [1.82, 2.24) is 4.90 Å². The zero-order valence-corrected chi connectivity index (χ0v) is 11.6. The normalized spacial score (nSPS) is 16.0. The lowest BCUT2D eigenvalue weighted by Crippen LogP contribution is -2.46. The molecule has 1 aromatic rings. The minimum atomic E-state index is -0.927. The van der Waals surface area contributed by atoms with Gasteiger partial charge in [0, 0.05) is 13.1 Å². The van der Waals surface area contributed by atoms with Gasteiger partial charge in [-0.15, -0.1) is 0 Å². The molecule has 2 unspecified atom stereocenters. The molecule has 18 heavy (non-hydrogen) atoms. The van der Waals surface area contributed by atoms with Crippen LogP contribution in [0.1, 0.15) is 25.8 Å². The van der Waals surface area contributed by atoms with Crippen molar-refractivity contribution in [3.8, 4) is 6.07 Å². The second-order valence-electron chi connectivity index (χ2n) is 5.16. The Bertz CT molecular complexity index is 396. The first-order valence-corrected chi connectivity index (χ1v) is 6.46. The van der Waals surface area contributed by atoms with E-state index in [4.69, 9.17) is 5.73 Å². The molecule has 3 nitrogen and oxygen atoms in total. The third kappa shape index (κ3) is 3.83. The molecule has 0 aliphatic carbocycles. The highest BCUT2D eigenvalue weighted by molar-refractivity contribution is 5.31. The molecule has 0 fully saturated rings. The topological polar surface area (TPSA) is 53.0 Å². The number of rotatable bonds is 6. The second kappa shape index (κ2) is 6.53. The van der Waals surface area contributed by atoms with Gasteiger partial charge in [0.15, 0.2) is 0 Å². The van der Waals surface area contributed by atoms with E-state index in [2.05, 4.69) is 24.8 Å². The van der Waals surface area contributed by atoms with E-state index >= 15 is 0 Å². The molecule has 0 saturated heterocycles. The molecule has 0 radical (unpaired) electrons. The van der Waals surface area contributed by atoms with Crippen LogP contribution in [0.5, 0.6) is 0 Å². The van der Waals surface area contributed by atoms with Crippen LogP contribution < -0.4 is 5.73 Å². The average molecular weight is 245 g/mol. The summed E-state index contributed by atoms with van der Waals surface area (Å²) in [6.45, 7) is 5.90. The molecule has 0 aliphatic heterocycles. The number of benzene rings is 1. The molecule has 0 spiro atoms. The van der Waals surface area contributed by atoms with Gasteiger partial charge < -0.3 is 10.6 Å². The maximum atomic E-state index is 9.38. The number of likely N-dealkylation sites (N-methyl/N-ethyl adjacent to an activating group) is 1. The number of hydrogen-bond acceptors (Lipinski definition) is 3. The third-order valence-electron chi connectivity index (χ3n) is 3.33. The fraction of sp³-hybridized carbons (Fsp3) is 0.533. The standard InChI is InChI=1S/C15H23N3/c1-4-13(2)10-18(3)12-15(17,11-16)14-8-6-5-7-9-14/h5-9,13H,4,10,12,17H2,1-3H3. The van der Waals surface area contributed by atoms with Crippen LogP contribution in [0.15, 0.2) is 30.3 Å². The summed E-state index contributed by atoms with van der Waals surface area (Å²) in [5, 5.41) is 9.38. The number of hydrogen-bond donors (Lipinski definition) is 1. The summed E-state index contributed by atoms with van der Waals surface area (Å²) >= 11 is 0. The first-order chi connectivity index (χ1) is 8.51. The van der Waals surface area contributed by atoms with Crippen LogP contribution >= 0.6 is 0 Å². The summed E-state index contributed by atoms with van der Waals surface area (Å²) in [5.74, 6) is 0.619. The van der Waals surface area contributed by atoms with Gasteiger partial charge in [-0.2, -0.15) is 5.26 Å². The molecule has 0 amide bonds. The maximum Gasteiger partial charge on any atom is 0.142 e. The molecule has 0 saturated carbocycles. The summed E-state index contributed by atoms with van der Waals surface area (Å²) in [6, 6.07) is 11.9. The van der Waals surface area contributed by atoms with Crippen LogP contribution in [0.4, 0.5) is 0 Å². The molecule has 1 aromatic carbocycles. The van der Waals surface area contributed by atoms with Gasteiger partial charge in [0.25, 0.3) is 0 Å². The molecule has 3 heteroatoms. The summed E-state index contributed by atoms with van der Waals surface area (Å²) in [4.78, 5) is 2.14. The van der Waals surface area contributed by atoms with Crippen molar-refractivity contribution in [2.45, 2.75) is 25.8 Å². The van der Waals surface area contributed by atoms with E-state index in [9.17, 15) is 5.26 Å². The fourth-order valence-electron chi connectivity index (χ4n) is 2.08. The van der Waals surface area contributed by atoms with E-state index in [1.807, 2.05) is 37.4 Å². The second-order valence-corrected chi connectivity index (χ2v) is 5.16. The molecule has 0 aromatic heterocycles. The van der Waals surface area contributed by atoms with E-state index in [0.29, 0.717) is 12.5 Å². The van der Waals surface area contributed by atoms with Gasteiger partial charge in [-0.05, 0) is 18.5 Å². The van der Waals surface area contributed by atoms with E-state index in [-0.39, 0.29) is 0 Å². The quantitative estimate of drug-likeness (QED) is 0.837. The fourth-order valence-corrected chi connectivity index (χ4v) is 2.08. The van der Waals surface area contributed by atoms with Crippen LogP contribution in [0.25, 0.3) is 0 Å². The summed E-state index contributed by atoms with van der Waals surface area (Å²) in [7, 11) is 2.02. The van der Waals surface area contributed by atoms with Crippen molar-refractivity contribution >= 4 is 0 Å². The molecule has 2 N–H and O–H groups in total. The smallest absolute Gasteiger partial charge is 0.142 e. The van der Waals surface area contributed by atoms with E-state index in [1.165, 1.54) is 0 Å². The highest BCUT2D eigenvalue weighted by atomic mass is 15.1. The first kappa shape index (κ1) is 14.7. The molecule has 0 aliphatic rings. The van der Waals surface area contributed by atoms with Crippen molar-refractivity contribution < 1.29 is 0 Å². The van der Waals surface area contributed by atoms with Crippen molar-refractivity contribution in [1.29, 1.82) is 5.26 Å². The van der Waals surface area contributed by atoms with Gasteiger partial charge >= 0.3 is 0 Å². The van der Waals surface area contributed by atoms with E-state index < -0.39 is 5.54 Å². The van der Waals surface area contributed by atoms with Gasteiger partial charge in [-0.25, -0.2) is 0 Å². The van der Waals surface area contributed by atoms with Crippen LogP contribution in [0, 0.1) is 17.2 Å². The van der Waals surface area contributed by atoms with Crippen molar-refractivity contribution in [2.24, 2.45) is 11.7 Å². The summed E-state index contributed by atoms with van der Waals surface area (Å²) in [6.07, 6.45) is 1.14. The Hall–Kier alpha value is -1.37. The van der Waals surface area contributed by atoms with Crippen molar-refractivity contribution in [3.05, 3.63) is 35.9 Å². The van der Waals surface area contributed by atoms with Crippen LogP contribution in [-0.2, 0) is 5.54 Å². The molecule has 0 bridgehead atoms. The Morgan fingerprint density at radius 1 is 1.39 bits per heavy atom. The first-order valence-electron chi connectivity index (χ1n) is 6.46. The molecule has 0 heterocycles. The van der Waals surface area contributed by atoms with Gasteiger partial charge in [0.05, 0.1) is 6.07 Å². The van der Waals surface area contributed by atoms with Gasteiger partial charge in [0.2, 0.25) is 0 Å². The Morgan fingerprint density at radius 3 is 2.50 bits per heavy atom. The predicted molar refractivity (Wildman–Crippen MR) is 74.9 cm³/mol. The Morgan fingerprint density at radius 2 is 2.00 bits per heavy atom. The number of nitrogens with two attached hydrogens (primary N) is 1. The molecule has 98 valence electrons. The highest BCUT2D eigenvalue weighted by Crippen LogP contribution is 2.19.